The van der Waals surface area contributed by atoms with E-state index in [0.717, 1.165) is 5.92 Å². The number of aromatic nitrogens is 1. The molecule has 1 heterocycles. The van der Waals surface area contributed by atoms with E-state index in [1.165, 1.54) is 35.9 Å². The molecule has 1 unspecified atom stereocenters. The first-order valence-corrected chi connectivity index (χ1v) is 6.57. The van der Waals surface area contributed by atoms with Crippen molar-refractivity contribution in [3.05, 3.63) is 36.0 Å². The van der Waals surface area contributed by atoms with Gasteiger partial charge in [0.1, 0.15) is 0 Å². The van der Waals surface area contributed by atoms with Crippen LogP contribution in [0.4, 0.5) is 0 Å². The summed E-state index contributed by atoms with van der Waals surface area (Å²) in [5, 5.41) is 1.35. The number of hydrogen-bond donors (Lipinski definition) is 1. The number of fused-ring (bicyclic) bond motifs is 1. The molecule has 0 bridgehead atoms. The van der Waals surface area contributed by atoms with Crippen LogP contribution in [0, 0.1) is 5.92 Å². The first kappa shape index (κ1) is 10.8. The van der Waals surface area contributed by atoms with Crippen molar-refractivity contribution in [2.24, 2.45) is 11.7 Å². The standard InChI is InChI=1S/C15H20N2/c1-11(9-16)13-4-5-15-14(8-13)6-7-17(15)10-12-2-3-12/h4-8,11-12H,2-3,9-10,16H2,1H3. The summed E-state index contributed by atoms with van der Waals surface area (Å²) in [5.41, 5.74) is 8.44. The van der Waals surface area contributed by atoms with Gasteiger partial charge in [0.05, 0.1) is 0 Å². The van der Waals surface area contributed by atoms with Gasteiger partial charge in [0.25, 0.3) is 0 Å². The van der Waals surface area contributed by atoms with Gasteiger partial charge in [-0.15, -0.1) is 0 Å². The quantitative estimate of drug-likeness (QED) is 0.856. The summed E-state index contributed by atoms with van der Waals surface area (Å²) >= 11 is 0. The minimum atomic E-state index is 0.450. The number of rotatable bonds is 4. The average molecular weight is 228 g/mol. The molecular weight excluding hydrogens is 208 g/mol. The van der Waals surface area contributed by atoms with Crippen LogP contribution in [-0.2, 0) is 6.54 Å². The van der Waals surface area contributed by atoms with E-state index in [0.29, 0.717) is 12.5 Å². The summed E-state index contributed by atoms with van der Waals surface area (Å²) in [7, 11) is 0. The molecule has 2 nitrogen and oxygen atoms in total. The largest absolute Gasteiger partial charge is 0.347 e. The molecule has 2 heteroatoms. The molecule has 2 N–H and O–H groups in total. The molecule has 0 aliphatic heterocycles. The van der Waals surface area contributed by atoms with E-state index in [-0.39, 0.29) is 0 Å². The van der Waals surface area contributed by atoms with Crippen LogP contribution in [0.5, 0.6) is 0 Å². The molecule has 0 amide bonds. The Kier molecular flexibility index (Phi) is 2.67. The summed E-state index contributed by atoms with van der Waals surface area (Å²) in [6.45, 7) is 4.09. The van der Waals surface area contributed by atoms with Gasteiger partial charge in [0, 0.05) is 18.3 Å². The Morgan fingerprint density at radius 2 is 2.18 bits per heavy atom. The van der Waals surface area contributed by atoms with Crippen molar-refractivity contribution < 1.29 is 0 Å². The van der Waals surface area contributed by atoms with Gasteiger partial charge in [-0.3, -0.25) is 0 Å². The van der Waals surface area contributed by atoms with Gasteiger partial charge >= 0.3 is 0 Å². The topological polar surface area (TPSA) is 30.9 Å². The van der Waals surface area contributed by atoms with Crippen molar-refractivity contribution in [3.63, 3.8) is 0 Å². The molecule has 1 aromatic heterocycles. The van der Waals surface area contributed by atoms with Crippen LogP contribution in [-0.4, -0.2) is 11.1 Å². The second kappa shape index (κ2) is 4.19. The van der Waals surface area contributed by atoms with Gasteiger partial charge < -0.3 is 10.3 Å². The fourth-order valence-corrected chi connectivity index (χ4v) is 2.40. The molecule has 1 fully saturated rings. The Bertz CT molecular complexity index is 523. The van der Waals surface area contributed by atoms with Crippen LogP contribution in [0.25, 0.3) is 10.9 Å². The summed E-state index contributed by atoms with van der Waals surface area (Å²) < 4.78 is 2.39. The molecule has 1 aliphatic rings. The molecule has 1 atom stereocenters. The number of nitrogens with two attached hydrogens (primary N) is 1. The van der Waals surface area contributed by atoms with Crippen molar-refractivity contribution in [2.75, 3.05) is 6.54 Å². The SMILES string of the molecule is CC(CN)c1ccc2c(ccn2CC2CC2)c1. The van der Waals surface area contributed by atoms with Crippen molar-refractivity contribution in [2.45, 2.75) is 32.2 Å². The van der Waals surface area contributed by atoms with Crippen molar-refractivity contribution in [3.8, 4) is 0 Å². The molecule has 1 saturated carbocycles. The van der Waals surface area contributed by atoms with Crippen LogP contribution in [0.2, 0.25) is 0 Å². The Labute approximate surface area is 102 Å². The minimum absolute atomic E-state index is 0.450. The third kappa shape index (κ3) is 2.09. The number of hydrogen-bond acceptors (Lipinski definition) is 1. The van der Waals surface area contributed by atoms with Crippen molar-refractivity contribution >= 4 is 10.9 Å². The predicted molar refractivity (Wildman–Crippen MR) is 72.1 cm³/mol. The van der Waals surface area contributed by atoms with E-state index in [4.69, 9.17) is 5.73 Å². The Morgan fingerprint density at radius 1 is 1.35 bits per heavy atom. The van der Waals surface area contributed by atoms with Gasteiger partial charge in [-0.25, -0.2) is 0 Å². The Hall–Kier alpha value is -1.28. The van der Waals surface area contributed by atoms with Gasteiger partial charge in [0.2, 0.25) is 0 Å². The van der Waals surface area contributed by atoms with Crippen molar-refractivity contribution in [1.82, 2.24) is 4.57 Å². The summed E-state index contributed by atoms with van der Waals surface area (Å²) in [5.74, 6) is 1.37. The maximum atomic E-state index is 5.72. The van der Waals surface area contributed by atoms with E-state index >= 15 is 0 Å². The zero-order valence-electron chi connectivity index (χ0n) is 10.4. The van der Waals surface area contributed by atoms with Gasteiger partial charge in [-0.05, 0) is 60.4 Å². The third-order valence-electron chi connectivity index (χ3n) is 3.87. The predicted octanol–water partition coefficient (Wildman–Crippen LogP) is 3.11. The lowest BCUT2D eigenvalue weighted by Crippen LogP contribution is -2.08. The number of nitrogens with zero attached hydrogens (tertiary/aromatic N) is 1. The van der Waals surface area contributed by atoms with Crippen LogP contribution >= 0.6 is 0 Å². The summed E-state index contributed by atoms with van der Waals surface area (Å²) in [4.78, 5) is 0. The molecule has 3 rings (SSSR count). The highest BCUT2D eigenvalue weighted by atomic mass is 15.0. The van der Waals surface area contributed by atoms with Crippen LogP contribution in [0.3, 0.4) is 0 Å². The van der Waals surface area contributed by atoms with E-state index in [1.807, 2.05) is 0 Å². The van der Waals surface area contributed by atoms with Gasteiger partial charge in [0.15, 0.2) is 0 Å². The number of benzene rings is 1. The van der Waals surface area contributed by atoms with E-state index in [1.54, 1.807) is 0 Å². The van der Waals surface area contributed by atoms with E-state index in [9.17, 15) is 0 Å². The molecule has 17 heavy (non-hydrogen) atoms. The molecule has 90 valence electrons. The van der Waals surface area contributed by atoms with Gasteiger partial charge in [-0.2, -0.15) is 0 Å². The Morgan fingerprint density at radius 3 is 2.88 bits per heavy atom. The van der Waals surface area contributed by atoms with Crippen LogP contribution < -0.4 is 5.73 Å². The minimum Gasteiger partial charge on any atom is -0.347 e. The first-order valence-electron chi connectivity index (χ1n) is 6.57. The third-order valence-corrected chi connectivity index (χ3v) is 3.87. The Balaban J connectivity index is 1.95. The zero-order chi connectivity index (χ0) is 11.8. The summed E-state index contributed by atoms with van der Waals surface area (Å²) in [6.07, 6.45) is 5.03. The lowest BCUT2D eigenvalue weighted by Gasteiger charge is -2.10. The molecule has 1 aromatic carbocycles. The molecule has 0 radical (unpaired) electrons. The maximum absolute atomic E-state index is 5.72. The highest BCUT2D eigenvalue weighted by Gasteiger charge is 2.22. The molecular formula is C15H20N2. The van der Waals surface area contributed by atoms with Crippen LogP contribution in [0.1, 0.15) is 31.2 Å². The second-order valence-corrected chi connectivity index (χ2v) is 5.37. The van der Waals surface area contributed by atoms with Gasteiger partial charge in [-0.1, -0.05) is 13.0 Å². The smallest absolute Gasteiger partial charge is 0.0480 e. The fraction of sp³-hybridized carbons (Fsp3) is 0.467. The monoisotopic (exact) mass is 228 g/mol. The lowest BCUT2D eigenvalue weighted by molar-refractivity contribution is 0.647. The second-order valence-electron chi connectivity index (χ2n) is 5.37. The van der Waals surface area contributed by atoms with E-state index < -0.39 is 0 Å². The average Bonchev–Trinajstić information content (AvgIpc) is 3.09. The van der Waals surface area contributed by atoms with Crippen molar-refractivity contribution in [1.29, 1.82) is 0 Å². The highest BCUT2D eigenvalue weighted by molar-refractivity contribution is 5.81. The molecule has 1 aliphatic carbocycles. The lowest BCUT2D eigenvalue weighted by atomic mass is 10.0. The van der Waals surface area contributed by atoms with E-state index in [2.05, 4.69) is 42.0 Å². The fourth-order valence-electron chi connectivity index (χ4n) is 2.40. The highest BCUT2D eigenvalue weighted by Crippen LogP contribution is 2.32. The zero-order valence-corrected chi connectivity index (χ0v) is 10.4. The normalized spacial score (nSPS) is 17.5. The van der Waals surface area contributed by atoms with Crippen LogP contribution in [0.15, 0.2) is 30.5 Å². The summed E-state index contributed by atoms with van der Waals surface area (Å²) in [6, 6.07) is 8.99. The maximum Gasteiger partial charge on any atom is 0.0480 e. The first-order chi connectivity index (χ1) is 8.28. The molecule has 0 spiro atoms. The molecule has 0 saturated heterocycles. The molecule has 2 aromatic rings.